The first-order chi connectivity index (χ1) is 13.0. The second kappa shape index (κ2) is 44.6. The molecule has 1 aromatic carbocycles. The fourth-order valence-electron chi connectivity index (χ4n) is 1.97. The van der Waals surface area contributed by atoms with E-state index in [2.05, 4.69) is 60.9 Å². The van der Waals surface area contributed by atoms with Crippen molar-refractivity contribution in [3.63, 3.8) is 0 Å². The van der Waals surface area contributed by atoms with E-state index < -0.39 is 0 Å². The average Bonchev–Trinajstić information content (AvgIpc) is 2.78. The van der Waals surface area contributed by atoms with E-state index in [1.807, 2.05) is 19.1 Å². The van der Waals surface area contributed by atoms with Gasteiger partial charge in [-0.2, -0.15) is 0 Å². The Morgan fingerprint density at radius 2 is 1.00 bits per heavy atom. The largest absolute Gasteiger partial charge is 0 e. The number of aryl methyl sites for hydroxylation is 1. The van der Waals surface area contributed by atoms with E-state index in [0.717, 1.165) is 5.56 Å². The minimum atomic E-state index is 0. The number of phenols is 1. The Balaban J connectivity index is -0.0000000426. The summed E-state index contributed by atoms with van der Waals surface area (Å²) in [4.78, 5) is 0. The normalized spacial score (nSPS) is 6.82. The van der Waals surface area contributed by atoms with Crippen LogP contribution in [0.5, 0.6) is 5.75 Å². The van der Waals surface area contributed by atoms with Crippen molar-refractivity contribution in [2.45, 2.75) is 34.6 Å². The third kappa shape index (κ3) is 32.1. The van der Waals surface area contributed by atoms with Gasteiger partial charge in [-0.05, 0) is 52.3 Å². The van der Waals surface area contributed by atoms with E-state index >= 15 is 0 Å². The Hall–Kier alpha value is -1.63. The summed E-state index contributed by atoms with van der Waals surface area (Å²) in [5, 5.41) is 8.81. The SMILES string of the molecule is CC[N+](CC)(CC)CC.Cc1cccc(O)c1.[C-]#[O+].[C-]#[O+].[C-]#[O+].[C-]#[O+].[C-]#[O+].[W]. The zero-order chi connectivity index (χ0) is 23.3. The molecular weight excluding hydrogens is 534 g/mol. The summed E-state index contributed by atoms with van der Waals surface area (Å²) in [7, 11) is 0. The van der Waals surface area contributed by atoms with Gasteiger partial charge in [0.1, 0.15) is 5.75 Å². The van der Waals surface area contributed by atoms with E-state index in [-0.39, 0.29) is 21.1 Å². The molecule has 0 aliphatic carbocycles. The molecule has 0 radical (unpaired) electrons. The number of benzene rings is 1. The maximum absolute atomic E-state index is 8.81. The summed E-state index contributed by atoms with van der Waals surface area (Å²) in [5.74, 6) is 0.338. The molecule has 0 unspecified atom stereocenters. The molecule has 0 saturated heterocycles. The molecule has 0 saturated carbocycles. The number of phenolic OH excluding ortho intramolecular Hbond substituents is 1. The van der Waals surface area contributed by atoms with Gasteiger partial charge in [0.2, 0.25) is 0 Å². The maximum Gasteiger partial charge on any atom is 0 e. The van der Waals surface area contributed by atoms with Crippen LogP contribution >= 0.6 is 0 Å². The van der Waals surface area contributed by atoms with Crippen molar-refractivity contribution in [2.24, 2.45) is 0 Å². The van der Waals surface area contributed by atoms with Crippen LogP contribution in [0.25, 0.3) is 0 Å². The van der Waals surface area contributed by atoms with Crippen molar-refractivity contribution in [3.8, 4) is 5.75 Å². The standard InChI is InChI=1S/C8H20N.C7H8O.5CO.W/c1-5-9(6-2,7-3)8-4;1-6-3-2-4-7(8)5-6;5*1-2;/h5-8H2,1-4H3;2-5,8H,1H3;;;;;;/q+1;;;;;;;. The Kier molecular flexibility index (Phi) is 72.1. The van der Waals surface area contributed by atoms with Crippen LogP contribution in [0.1, 0.15) is 33.3 Å². The molecule has 0 bridgehead atoms. The van der Waals surface area contributed by atoms with Gasteiger partial charge < -0.3 is 9.59 Å². The first kappa shape index (κ1) is 45.2. The van der Waals surface area contributed by atoms with E-state index in [9.17, 15) is 0 Å². The van der Waals surface area contributed by atoms with Crippen LogP contribution in [0.2, 0.25) is 0 Å². The van der Waals surface area contributed by atoms with Gasteiger partial charge in [0.15, 0.2) is 0 Å². The predicted octanol–water partition coefficient (Wildman–Crippen LogP) is 3.39. The topological polar surface area (TPSA) is 120 Å². The Bertz CT molecular complexity index is 436. The minimum Gasteiger partial charge on any atom is 0 e. The molecular formula is C20H28NO6W+. The molecule has 0 aliphatic heterocycles. The van der Waals surface area contributed by atoms with Crippen LogP contribution in [0.4, 0.5) is 0 Å². The summed E-state index contributed by atoms with van der Waals surface area (Å²) in [6.07, 6.45) is 0. The van der Waals surface area contributed by atoms with Crippen molar-refractivity contribution < 1.29 is 53.9 Å². The Morgan fingerprint density at radius 3 is 1.11 bits per heavy atom. The van der Waals surface area contributed by atoms with Gasteiger partial charge in [-0.3, -0.25) is 0 Å². The summed E-state index contributed by atoms with van der Waals surface area (Å²) in [6.45, 7) is 38.7. The summed E-state index contributed by atoms with van der Waals surface area (Å²) in [6, 6.07) is 7.15. The molecule has 0 fully saturated rings. The fraction of sp³-hybridized carbons (Fsp3) is 0.450. The minimum absolute atomic E-state index is 0. The summed E-state index contributed by atoms with van der Waals surface area (Å²) >= 11 is 0. The van der Waals surface area contributed by atoms with Crippen molar-refractivity contribution in [2.75, 3.05) is 26.2 Å². The molecule has 0 amide bonds. The number of hydrogen-bond donors (Lipinski definition) is 1. The van der Waals surface area contributed by atoms with E-state index in [4.69, 9.17) is 28.4 Å². The Labute approximate surface area is 183 Å². The second-order valence-electron chi connectivity index (χ2n) is 4.45. The van der Waals surface area contributed by atoms with Crippen LogP contribution < -0.4 is 0 Å². The van der Waals surface area contributed by atoms with Crippen molar-refractivity contribution in [1.82, 2.24) is 0 Å². The third-order valence-corrected chi connectivity index (χ3v) is 3.68. The van der Waals surface area contributed by atoms with Crippen molar-refractivity contribution >= 4 is 0 Å². The molecule has 1 aromatic rings. The van der Waals surface area contributed by atoms with Crippen LogP contribution in [0.15, 0.2) is 24.3 Å². The molecule has 0 aliphatic rings. The van der Waals surface area contributed by atoms with Gasteiger partial charge in [0, 0.05) is 21.1 Å². The number of nitrogens with zero attached hydrogens (tertiary/aromatic N) is 1. The van der Waals surface area contributed by atoms with E-state index in [1.165, 1.54) is 30.7 Å². The first-order valence-corrected chi connectivity index (χ1v) is 7.66. The van der Waals surface area contributed by atoms with Crippen LogP contribution in [0.3, 0.4) is 0 Å². The molecule has 8 heteroatoms. The van der Waals surface area contributed by atoms with Crippen LogP contribution in [-0.4, -0.2) is 35.8 Å². The van der Waals surface area contributed by atoms with Gasteiger partial charge in [-0.25, -0.2) is 0 Å². The van der Waals surface area contributed by atoms with Gasteiger partial charge in [-0.15, -0.1) is 0 Å². The molecule has 1 N–H and O–H groups in total. The average molecular weight is 562 g/mol. The quantitative estimate of drug-likeness (QED) is 0.338. The van der Waals surface area contributed by atoms with Crippen molar-refractivity contribution in [1.29, 1.82) is 0 Å². The molecule has 154 valence electrons. The molecule has 0 atom stereocenters. The van der Waals surface area contributed by atoms with Crippen LogP contribution in [-0.2, 0) is 44.3 Å². The van der Waals surface area contributed by atoms with Crippen molar-refractivity contribution in [3.05, 3.63) is 63.1 Å². The molecule has 7 nitrogen and oxygen atoms in total. The molecule has 28 heavy (non-hydrogen) atoms. The van der Waals surface area contributed by atoms with Gasteiger partial charge in [0.05, 0.1) is 26.2 Å². The van der Waals surface area contributed by atoms with Gasteiger partial charge in [-0.1, -0.05) is 12.1 Å². The number of hydrogen-bond acceptors (Lipinski definition) is 1. The van der Waals surface area contributed by atoms with E-state index in [1.54, 1.807) is 12.1 Å². The Morgan fingerprint density at radius 1 is 0.714 bits per heavy atom. The fourth-order valence-corrected chi connectivity index (χ4v) is 1.97. The second-order valence-corrected chi connectivity index (χ2v) is 4.45. The number of quaternary nitrogens is 1. The third-order valence-electron chi connectivity index (χ3n) is 3.68. The zero-order valence-corrected chi connectivity index (χ0v) is 19.9. The number of rotatable bonds is 4. The molecule has 0 aromatic heterocycles. The monoisotopic (exact) mass is 562 g/mol. The molecule has 0 heterocycles. The van der Waals surface area contributed by atoms with Gasteiger partial charge in [0.25, 0.3) is 0 Å². The van der Waals surface area contributed by atoms with Gasteiger partial charge >= 0.3 is 56.5 Å². The maximum atomic E-state index is 8.81. The predicted molar refractivity (Wildman–Crippen MR) is 94.9 cm³/mol. The summed E-state index contributed by atoms with van der Waals surface area (Å²) < 4.78 is 38.8. The number of aromatic hydroxyl groups is 1. The smallest absolute Gasteiger partial charge is 0 e. The van der Waals surface area contributed by atoms with E-state index in [0.29, 0.717) is 5.75 Å². The molecule has 1 rings (SSSR count). The van der Waals surface area contributed by atoms with Crippen LogP contribution in [0, 0.1) is 40.2 Å². The first-order valence-electron chi connectivity index (χ1n) is 7.66. The summed E-state index contributed by atoms with van der Waals surface area (Å²) in [5.41, 5.74) is 1.09. The zero-order valence-electron chi connectivity index (χ0n) is 17.0. The molecule has 0 spiro atoms.